The van der Waals surface area contributed by atoms with Crippen molar-refractivity contribution in [2.24, 2.45) is 0 Å². The summed E-state index contributed by atoms with van der Waals surface area (Å²) in [4.78, 5) is 5.00. The predicted octanol–water partition coefficient (Wildman–Crippen LogP) is 3.80. The van der Waals surface area contributed by atoms with Gasteiger partial charge in [0.1, 0.15) is 11.1 Å². The first kappa shape index (κ1) is 9.06. The van der Waals surface area contributed by atoms with E-state index >= 15 is 0 Å². The first-order valence-corrected chi connectivity index (χ1v) is 5.34. The zero-order chi connectivity index (χ0) is 9.26. The van der Waals surface area contributed by atoms with E-state index in [1.807, 2.05) is 11.4 Å². The van der Waals surface area contributed by atoms with Crippen molar-refractivity contribution in [3.05, 3.63) is 28.4 Å². The van der Waals surface area contributed by atoms with Crippen molar-refractivity contribution in [3.8, 4) is 10.8 Å². The quantitative estimate of drug-likeness (QED) is 0.738. The van der Waals surface area contributed by atoms with Crippen LogP contribution in [0.15, 0.2) is 22.1 Å². The molecule has 0 aliphatic rings. The highest BCUT2D eigenvalue weighted by Crippen LogP contribution is 2.32. The van der Waals surface area contributed by atoms with Crippen molar-refractivity contribution < 1.29 is 4.42 Å². The molecule has 0 aliphatic carbocycles. The summed E-state index contributed by atoms with van der Waals surface area (Å²) >= 11 is 13.0. The van der Waals surface area contributed by atoms with Crippen molar-refractivity contribution in [1.82, 2.24) is 4.98 Å². The van der Waals surface area contributed by atoms with E-state index in [0.29, 0.717) is 16.8 Å². The van der Waals surface area contributed by atoms with Crippen molar-refractivity contribution in [2.45, 2.75) is 5.88 Å². The molecule has 0 atom stereocenters. The Hall–Kier alpha value is -0.510. The molecule has 5 heteroatoms. The van der Waals surface area contributed by atoms with Crippen LogP contribution >= 0.6 is 34.5 Å². The van der Waals surface area contributed by atoms with Crippen molar-refractivity contribution >= 4 is 34.5 Å². The first-order chi connectivity index (χ1) is 6.31. The third-order valence-corrected chi connectivity index (χ3v) is 3.10. The van der Waals surface area contributed by atoms with E-state index in [2.05, 4.69) is 4.98 Å². The van der Waals surface area contributed by atoms with Gasteiger partial charge in [-0.25, -0.2) is 4.98 Å². The third kappa shape index (κ3) is 1.73. The van der Waals surface area contributed by atoms with Crippen LogP contribution in [0.3, 0.4) is 0 Å². The number of hydrogen-bond acceptors (Lipinski definition) is 3. The van der Waals surface area contributed by atoms with Gasteiger partial charge in [0.05, 0.1) is 16.6 Å². The molecule has 13 heavy (non-hydrogen) atoms. The molecule has 0 amide bonds. The Balaban J connectivity index is 2.41. The summed E-state index contributed by atoms with van der Waals surface area (Å²) in [5.74, 6) is 0.891. The fourth-order valence-corrected chi connectivity index (χ4v) is 2.11. The Kier molecular flexibility index (Phi) is 2.58. The summed E-state index contributed by atoms with van der Waals surface area (Å²) in [6.45, 7) is 0. The highest BCUT2D eigenvalue weighted by Gasteiger charge is 2.10. The number of oxazole rings is 1. The highest BCUT2D eigenvalue weighted by atomic mass is 35.5. The van der Waals surface area contributed by atoms with Gasteiger partial charge in [-0.15, -0.1) is 22.9 Å². The molecule has 0 aromatic carbocycles. The van der Waals surface area contributed by atoms with Crippen LogP contribution in [0, 0.1) is 0 Å². The maximum Gasteiger partial charge on any atom is 0.238 e. The zero-order valence-corrected chi connectivity index (χ0v) is 8.79. The van der Waals surface area contributed by atoms with Gasteiger partial charge in [0.25, 0.3) is 0 Å². The number of thiophene rings is 1. The van der Waals surface area contributed by atoms with Gasteiger partial charge in [-0.1, -0.05) is 11.6 Å². The third-order valence-electron chi connectivity index (χ3n) is 1.50. The molecule has 2 heterocycles. The monoisotopic (exact) mass is 233 g/mol. The number of hydrogen-bond donors (Lipinski definition) is 0. The summed E-state index contributed by atoms with van der Waals surface area (Å²) in [7, 11) is 0. The molecular formula is C8H5Cl2NOS. The maximum atomic E-state index is 5.90. The minimum Gasteiger partial charge on any atom is -0.443 e. The summed E-state index contributed by atoms with van der Waals surface area (Å²) in [6.07, 6.45) is 1.54. The van der Waals surface area contributed by atoms with E-state index in [1.165, 1.54) is 11.3 Å². The maximum absolute atomic E-state index is 5.90. The van der Waals surface area contributed by atoms with Crippen LogP contribution in [0.1, 0.15) is 5.69 Å². The van der Waals surface area contributed by atoms with Crippen LogP contribution in [0.25, 0.3) is 10.8 Å². The topological polar surface area (TPSA) is 26.0 Å². The Labute approximate surface area is 89.1 Å². The van der Waals surface area contributed by atoms with Gasteiger partial charge in [-0.2, -0.15) is 0 Å². The van der Waals surface area contributed by atoms with E-state index in [4.69, 9.17) is 27.6 Å². The summed E-state index contributed by atoms with van der Waals surface area (Å²) in [5.41, 5.74) is 0.723. The Bertz CT molecular complexity index is 410. The Morgan fingerprint density at radius 3 is 2.92 bits per heavy atom. The van der Waals surface area contributed by atoms with Crippen molar-refractivity contribution in [3.63, 3.8) is 0 Å². The minimum absolute atomic E-state index is 0.354. The first-order valence-electron chi connectivity index (χ1n) is 3.55. The fourth-order valence-electron chi connectivity index (χ4n) is 0.919. The molecule has 0 N–H and O–H groups in total. The van der Waals surface area contributed by atoms with Gasteiger partial charge in [0.15, 0.2) is 0 Å². The SMILES string of the molecule is ClCc1coc(-c2sccc2Cl)n1. The van der Waals surface area contributed by atoms with Gasteiger partial charge < -0.3 is 4.42 Å². The molecule has 2 aromatic rings. The number of halogens is 2. The summed E-state index contributed by atoms with van der Waals surface area (Å²) < 4.78 is 5.21. The van der Waals surface area contributed by atoms with Gasteiger partial charge >= 0.3 is 0 Å². The minimum atomic E-state index is 0.354. The lowest BCUT2D eigenvalue weighted by molar-refractivity contribution is 0.575. The van der Waals surface area contributed by atoms with Crippen LogP contribution in [0.5, 0.6) is 0 Å². The fraction of sp³-hybridized carbons (Fsp3) is 0.125. The van der Waals surface area contributed by atoms with E-state index in [9.17, 15) is 0 Å². The molecule has 2 rings (SSSR count). The normalized spacial score (nSPS) is 10.6. The molecule has 0 radical (unpaired) electrons. The van der Waals surface area contributed by atoms with Gasteiger partial charge in [-0.05, 0) is 11.4 Å². The number of aromatic nitrogens is 1. The number of nitrogens with zero attached hydrogens (tertiary/aromatic N) is 1. The van der Waals surface area contributed by atoms with Crippen LogP contribution in [0.2, 0.25) is 5.02 Å². The molecule has 0 saturated carbocycles. The van der Waals surface area contributed by atoms with Crippen molar-refractivity contribution in [1.29, 1.82) is 0 Å². The van der Waals surface area contributed by atoms with E-state index in [-0.39, 0.29) is 0 Å². The standard InChI is InChI=1S/C8H5Cl2NOS/c9-3-5-4-12-8(11-5)7-6(10)1-2-13-7/h1-2,4H,3H2. The molecule has 2 aromatic heterocycles. The molecule has 0 saturated heterocycles. The second-order valence-electron chi connectivity index (χ2n) is 2.38. The van der Waals surface area contributed by atoms with Crippen LogP contribution in [0.4, 0.5) is 0 Å². The molecule has 2 nitrogen and oxygen atoms in total. The number of alkyl halides is 1. The van der Waals surface area contributed by atoms with Gasteiger partial charge in [-0.3, -0.25) is 0 Å². The lowest BCUT2D eigenvalue weighted by atomic mass is 10.4. The van der Waals surface area contributed by atoms with Gasteiger partial charge in [0, 0.05) is 0 Å². The Morgan fingerprint density at radius 2 is 2.38 bits per heavy atom. The Morgan fingerprint density at radius 1 is 1.54 bits per heavy atom. The molecule has 68 valence electrons. The van der Waals surface area contributed by atoms with E-state index in [0.717, 1.165) is 10.6 Å². The van der Waals surface area contributed by atoms with Crippen LogP contribution in [-0.2, 0) is 5.88 Å². The lowest BCUT2D eigenvalue weighted by Gasteiger charge is -1.88. The second kappa shape index (κ2) is 3.70. The second-order valence-corrected chi connectivity index (χ2v) is 3.97. The summed E-state index contributed by atoms with van der Waals surface area (Å²) in [6, 6.07) is 1.81. The highest BCUT2D eigenvalue weighted by molar-refractivity contribution is 7.14. The van der Waals surface area contributed by atoms with Crippen molar-refractivity contribution in [2.75, 3.05) is 0 Å². The summed E-state index contributed by atoms with van der Waals surface area (Å²) in [5, 5.41) is 2.55. The van der Waals surface area contributed by atoms with Gasteiger partial charge in [0.2, 0.25) is 5.89 Å². The van der Waals surface area contributed by atoms with E-state index in [1.54, 1.807) is 6.26 Å². The molecule has 0 aliphatic heterocycles. The average Bonchev–Trinajstić information content (AvgIpc) is 2.71. The average molecular weight is 234 g/mol. The molecule has 0 bridgehead atoms. The molecular weight excluding hydrogens is 229 g/mol. The number of rotatable bonds is 2. The smallest absolute Gasteiger partial charge is 0.238 e. The largest absolute Gasteiger partial charge is 0.443 e. The molecule has 0 spiro atoms. The van der Waals surface area contributed by atoms with Crippen LogP contribution < -0.4 is 0 Å². The predicted molar refractivity (Wildman–Crippen MR) is 54.4 cm³/mol. The lowest BCUT2D eigenvalue weighted by Crippen LogP contribution is -1.76. The van der Waals surface area contributed by atoms with E-state index < -0.39 is 0 Å². The molecule has 0 fully saturated rings. The molecule has 0 unspecified atom stereocenters. The zero-order valence-electron chi connectivity index (χ0n) is 6.46. The van der Waals surface area contributed by atoms with Crippen LogP contribution in [-0.4, -0.2) is 4.98 Å².